The minimum absolute atomic E-state index is 0.824. The van der Waals surface area contributed by atoms with Crippen LogP contribution in [0.5, 0.6) is 0 Å². The summed E-state index contributed by atoms with van der Waals surface area (Å²) in [5.41, 5.74) is 3.72. The van der Waals surface area contributed by atoms with Crippen molar-refractivity contribution >= 4 is 34.1 Å². The van der Waals surface area contributed by atoms with Crippen LogP contribution in [0.15, 0.2) is 64.7 Å². The van der Waals surface area contributed by atoms with Crippen LogP contribution in [0.1, 0.15) is 17.5 Å². The summed E-state index contributed by atoms with van der Waals surface area (Å²) in [5, 5.41) is 6.10. The monoisotopic (exact) mass is 333 g/mol. The van der Waals surface area contributed by atoms with E-state index in [2.05, 4.69) is 59.0 Å². The summed E-state index contributed by atoms with van der Waals surface area (Å²) in [5.74, 6) is 1.00. The quantitative estimate of drug-likeness (QED) is 0.540. The predicted molar refractivity (Wildman–Crippen MR) is 103 cm³/mol. The molecule has 0 saturated heterocycles. The molecule has 4 rings (SSSR count). The number of hydrogen-bond acceptors (Lipinski definition) is 3. The first kappa shape index (κ1) is 15.2. The Balaban J connectivity index is 1.54. The van der Waals surface area contributed by atoms with Gasteiger partial charge in [0.25, 0.3) is 0 Å². The number of anilines is 1. The van der Waals surface area contributed by atoms with Crippen molar-refractivity contribution in [3.05, 3.63) is 66.0 Å². The second-order valence-corrected chi connectivity index (χ2v) is 6.71. The first-order valence-electron chi connectivity index (χ1n) is 8.17. The van der Waals surface area contributed by atoms with Gasteiger partial charge < -0.3 is 5.32 Å². The Morgan fingerprint density at radius 1 is 1.08 bits per heavy atom. The molecule has 2 heterocycles. The number of amidine groups is 1. The summed E-state index contributed by atoms with van der Waals surface area (Å²) in [6, 6.07) is 15.0. The Hall–Kier alpha value is -2.33. The number of rotatable bonds is 5. The lowest BCUT2D eigenvalue weighted by molar-refractivity contribution is 0.832. The maximum absolute atomic E-state index is 4.82. The molecule has 0 saturated carbocycles. The van der Waals surface area contributed by atoms with Crippen molar-refractivity contribution in [3.63, 3.8) is 0 Å². The fourth-order valence-corrected chi connectivity index (χ4v) is 3.80. The maximum Gasteiger partial charge on any atom is 0.133 e. The smallest absolute Gasteiger partial charge is 0.133 e. The number of aliphatic imine (C=N–C) groups is 1. The molecule has 120 valence electrons. The average molecular weight is 333 g/mol. The second-order valence-electron chi connectivity index (χ2n) is 5.86. The van der Waals surface area contributed by atoms with Gasteiger partial charge in [0.15, 0.2) is 0 Å². The number of hydrogen-bond donors (Lipinski definition) is 1. The lowest BCUT2D eigenvalue weighted by Gasteiger charge is -2.04. The molecule has 1 aliphatic rings. The van der Waals surface area contributed by atoms with Gasteiger partial charge in [-0.1, -0.05) is 18.2 Å². The third kappa shape index (κ3) is 2.78. The summed E-state index contributed by atoms with van der Waals surface area (Å²) in [7, 11) is 0. The molecule has 0 spiro atoms. The van der Waals surface area contributed by atoms with E-state index in [1.54, 1.807) is 11.8 Å². The number of aryl methyl sites for hydroxylation is 1. The van der Waals surface area contributed by atoms with Gasteiger partial charge in [0.1, 0.15) is 5.84 Å². The molecule has 0 unspecified atom stereocenters. The second kappa shape index (κ2) is 6.65. The lowest BCUT2D eigenvalue weighted by atomic mass is 10.1. The van der Waals surface area contributed by atoms with Crippen molar-refractivity contribution in [3.8, 4) is 0 Å². The molecular weight excluding hydrogens is 314 g/mol. The molecule has 0 bridgehead atoms. The van der Waals surface area contributed by atoms with Gasteiger partial charge in [-0.15, -0.1) is 11.8 Å². The number of benzene rings is 2. The standard InChI is InChI=1S/C20H19N3S/c1-24-18-8-7-17-19-15(18)5-2-6-16(19)20(23-17)22-11-3-4-14-9-12-21-13-10-14/h2,5-10,12-13H,3-4,11H2,1H3,(H,22,23). The predicted octanol–water partition coefficient (Wildman–Crippen LogP) is 4.76. The van der Waals surface area contributed by atoms with Crippen LogP contribution in [0, 0.1) is 0 Å². The number of nitrogens with zero attached hydrogens (tertiary/aromatic N) is 2. The fourth-order valence-electron chi connectivity index (χ4n) is 3.20. The maximum atomic E-state index is 4.82. The molecule has 0 amide bonds. The molecule has 3 aromatic rings. The first-order chi connectivity index (χ1) is 11.9. The molecule has 4 heteroatoms. The van der Waals surface area contributed by atoms with Gasteiger partial charge in [-0.3, -0.25) is 9.98 Å². The average Bonchev–Trinajstić information content (AvgIpc) is 3.00. The van der Waals surface area contributed by atoms with Crippen molar-refractivity contribution in [2.75, 3.05) is 18.1 Å². The van der Waals surface area contributed by atoms with Crippen molar-refractivity contribution in [1.82, 2.24) is 4.98 Å². The van der Waals surface area contributed by atoms with Gasteiger partial charge in [-0.05, 0) is 54.3 Å². The fraction of sp³-hybridized carbons (Fsp3) is 0.200. The van der Waals surface area contributed by atoms with E-state index >= 15 is 0 Å². The molecule has 0 atom stereocenters. The van der Waals surface area contributed by atoms with Gasteiger partial charge in [-0.2, -0.15) is 0 Å². The third-order valence-electron chi connectivity index (χ3n) is 4.37. The largest absolute Gasteiger partial charge is 0.339 e. The zero-order valence-electron chi connectivity index (χ0n) is 13.6. The van der Waals surface area contributed by atoms with E-state index in [0.717, 1.165) is 25.2 Å². The molecule has 0 fully saturated rings. The SMILES string of the molecule is CSc1ccc2c3c(cccc13)C(=NCCCc1ccncc1)N2. The number of aromatic nitrogens is 1. The Morgan fingerprint density at radius 2 is 1.96 bits per heavy atom. The van der Waals surface area contributed by atoms with Crippen molar-refractivity contribution in [1.29, 1.82) is 0 Å². The molecule has 2 aromatic carbocycles. The molecular formula is C20H19N3S. The van der Waals surface area contributed by atoms with E-state index in [9.17, 15) is 0 Å². The number of nitrogens with one attached hydrogen (secondary N) is 1. The lowest BCUT2D eigenvalue weighted by Crippen LogP contribution is -2.08. The van der Waals surface area contributed by atoms with E-state index in [4.69, 9.17) is 4.99 Å². The molecule has 1 aromatic heterocycles. The van der Waals surface area contributed by atoms with Crippen molar-refractivity contribution in [2.45, 2.75) is 17.7 Å². The van der Waals surface area contributed by atoms with Gasteiger partial charge in [0.2, 0.25) is 0 Å². The van der Waals surface area contributed by atoms with E-state index < -0.39 is 0 Å². The minimum atomic E-state index is 0.824. The highest BCUT2D eigenvalue weighted by atomic mass is 32.2. The molecule has 24 heavy (non-hydrogen) atoms. The normalized spacial score (nSPS) is 14.3. The zero-order chi connectivity index (χ0) is 16.4. The highest BCUT2D eigenvalue weighted by Gasteiger charge is 2.20. The van der Waals surface area contributed by atoms with Crippen LogP contribution < -0.4 is 5.32 Å². The van der Waals surface area contributed by atoms with E-state index in [1.165, 1.54) is 32.5 Å². The van der Waals surface area contributed by atoms with E-state index in [-0.39, 0.29) is 0 Å². The molecule has 0 radical (unpaired) electrons. The van der Waals surface area contributed by atoms with Crippen LogP contribution in [0.3, 0.4) is 0 Å². The van der Waals surface area contributed by atoms with Gasteiger partial charge in [0, 0.05) is 40.5 Å². The van der Waals surface area contributed by atoms with Crippen LogP contribution in [0.4, 0.5) is 5.69 Å². The summed E-state index contributed by atoms with van der Waals surface area (Å²) in [6.45, 7) is 0.824. The Morgan fingerprint density at radius 3 is 2.79 bits per heavy atom. The Labute approximate surface area is 146 Å². The summed E-state index contributed by atoms with van der Waals surface area (Å²) >= 11 is 1.79. The Bertz CT molecular complexity index is 903. The van der Waals surface area contributed by atoms with Gasteiger partial charge in [-0.25, -0.2) is 0 Å². The van der Waals surface area contributed by atoms with Crippen LogP contribution in [-0.4, -0.2) is 23.6 Å². The number of thioether (sulfide) groups is 1. The third-order valence-corrected chi connectivity index (χ3v) is 5.17. The highest BCUT2D eigenvalue weighted by molar-refractivity contribution is 7.98. The van der Waals surface area contributed by atoms with E-state index in [1.807, 2.05) is 12.4 Å². The van der Waals surface area contributed by atoms with Gasteiger partial charge in [0.05, 0.1) is 0 Å². The molecule has 3 nitrogen and oxygen atoms in total. The zero-order valence-corrected chi connectivity index (χ0v) is 14.4. The molecule has 1 aliphatic heterocycles. The van der Waals surface area contributed by atoms with Crippen molar-refractivity contribution < 1.29 is 0 Å². The van der Waals surface area contributed by atoms with Crippen LogP contribution in [0.2, 0.25) is 0 Å². The van der Waals surface area contributed by atoms with Crippen molar-refractivity contribution in [2.24, 2.45) is 4.99 Å². The van der Waals surface area contributed by atoms with Gasteiger partial charge >= 0.3 is 0 Å². The van der Waals surface area contributed by atoms with Crippen LogP contribution >= 0.6 is 11.8 Å². The van der Waals surface area contributed by atoms with Crippen LogP contribution in [0.25, 0.3) is 10.8 Å². The first-order valence-corrected chi connectivity index (χ1v) is 9.40. The number of pyridine rings is 1. The Kier molecular flexibility index (Phi) is 4.22. The summed E-state index contributed by atoms with van der Waals surface area (Å²) < 4.78 is 0. The van der Waals surface area contributed by atoms with E-state index in [0.29, 0.717) is 0 Å². The summed E-state index contributed by atoms with van der Waals surface area (Å²) in [4.78, 5) is 10.2. The highest BCUT2D eigenvalue weighted by Crippen LogP contribution is 2.38. The molecule has 0 aliphatic carbocycles. The topological polar surface area (TPSA) is 37.3 Å². The summed E-state index contributed by atoms with van der Waals surface area (Å²) in [6.07, 6.45) is 7.89. The minimum Gasteiger partial charge on any atom is -0.339 e. The molecule has 1 N–H and O–H groups in total. The van der Waals surface area contributed by atoms with Crippen LogP contribution in [-0.2, 0) is 6.42 Å².